The lowest BCUT2D eigenvalue weighted by Gasteiger charge is -2.11. The Bertz CT molecular complexity index is 773. The number of aryl methyl sites for hydroxylation is 2. The Balaban J connectivity index is 1.78. The van der Waals surface area contributed by atoms with Crippen molar-refractivity contribution in [1.29, 1.82) is 0 Å². The molecule has 8 heteroatoms. The van der Waals surface area contributed by atoms with Crippen LogP contribution in [0.3, 0.4) is 0 Å². The molecule has 0 saturated carbocycles. The van der Waals surface area contributed by atoms with E-state index in [-0.39, 0.29) is 6.61 Å². The summed E-state index contributed by atoms with van der Waals surface area (Å²) in [6, 6.07) is 9.50. The Kier molecular flexibility index (Phi) is 6.50. The van der Waals surface area contributed by atoms with Gasteiger partial charge in [0.1, 0.15) is 5.75 Å². The number of halogens is 2. The van der Waals surface area contributed by atoms with Gasteiger partial charge in [-0.3, -0.25) is 10.2 Å². The molecule has 0 spiro atoms. The average molecular weight is 382 g/mol. The van der Waals surface area contributed by atoms with Crippen molar-refractivity contribution in [2.24, 2.45) is 0 Å². The number of nitrogens with one attached hydrogen (secondary N) is 3. The highest BCUT2D eigenvalue weighted by Crippen LogP contribution is 2.25. The molecule has 0 bridgehead atoms. The van der Waals surface area contributed by atoms with E-state index < -0.39 is 11.9 Å². The van der Waals surface area contributed by atoms with Gasteiger partial charge in [0, 0.05) is 15.7 Å². The summed E-state index contributed by atoms with van der Waals surface area (Å²) >= 11 is 11.9. The molecule has 6 nitrogen and oxygen atoms in total. The highest BCUT2D eigenvalue weighted by atomic mass is 35.5. The fourth-order valence-corrected chi connectivity index (χ4v) is 2.33. The van der Waals surface area contributed by atoms with E-state index >= 15 is 0 Å². The van der Waals surface area contributed by atoms with E-state index in [1.54, 1.807) is 36.4 Å². The summed E-state index contributed by atoms with van der Waals surface area (Å²) < 4.78 is 5.39. The molecule has 0 heterocycles. The highest BCUT2D eigenvalue weighted by molar-refractivity contribution is 6.32. The predicted octanol–water partition coefficient (Wildman–Crippen LogP) is 3.84. The molecule has 0 unspecified atom stereocenters. The molecule has 0 aliphatic rings. The van der Waals surface area contributed by atoms with Gasteiger partial charge in [-0.2, -0.15) is 0 Å². The molecule has 0 aliphatic heterocycles. The molecular formula is C17H17Cl2N3O3. The second-order valence-electron chi connectivity index (χ2n) is 5.30. The summed E-state index contributed by atoms with van der Waals surface area (Å²) in [5.74, 6) is 0.0180. The molecule has 2 rings (SSSR count). The second-order valence-corrected chi connectivity index (χ2v) is 6.11. The van der Waals surface area contributed by atoms with Crippen molar-refractivity contribution in [3.05, 3.63) is 57.6 Å². The lowest BCUT2D eigenvalue weighted by Crippen LogP contribution is -2.45. The van der Waals surface area contributed by atoms with Crippen molar-refractivity contribution < 1.29 is 14.3 Å². The van der Waals surface area contributed by atoms with Crippen LogP contribution < -0.4 is 20.9 Å². The van der Waals surface area contributed by atoms with Crippen LogP contribution in [-0.4, -0.2) is 18.5 Å². The van der Waals surface area contributed by atoms with Crippen molar-refractivity contribution in [2.75, 3.05) is 11.9 Å². The van der Waals surface area contributed by atoms with Crippen LogP contribution in [0, 0.1) is 13.8 Å². The first-order chi connectivity index (χ1) is 11.8. The quantitative estimate of drug-likeness (QED) is 0.703. The number of hydrazine groups is 1. The van der Waals surface area contributed by atoms with E-state index in [0.29, 0.717) is 21.5 Å². The Morgan fingerprint density at radius 3 is 2.36 bits per heavy atom. The maximum absolute atomic E-state index is 11.7. The number of hydrogen-bond acceptors (Lipinski definition) is 3. The second kappa shape index (κ2) is 8.60. The number of benzene rings is 2. The Labute approximate surface area is 155 Å². The van der Waals surface area contributed by atoms with Gasteiger partial charge in [0.25, 0.3) is 5.91 Å². The molecule has 0 radical (unpaired) electrons. The van der Waals surface area contributed by atoms with Crippen LogP contribution in [0.15, 0.2) is 36.4 Å². The third kappa shape index (κ3) is 5.85. The van der Waals surface area contributed by atoms with Crippen molar-refractivity contribution in [3.63, 3.8) is 0 Å². The number of rotatable bonds is 4. The van der Waals surface area contributed by atoms with Crippen LogP contribution in [0.4, 0.5) is 10.5 Å². The molecule has 132 valence electrons. The summed E-state index contributed by atoms with van der Waals surface area (Å²) in [6.07, 6.45) is 0. The van der Waals surface area contributed by atoms with Crippen molar-refractivity contribution >= 4 is 40.8 Å². The molecule has 0 aromatic heterocycles. The number of carbonyl (C=O) groups excluding carboxylic acids is 2. The van der Waals surface area contributed by atoms with Crippen LogP contribution in [0.2, 0.25) is 10.0 Å². The third-order valence-corrected chi connectivity index (χ3v) is 4.01. The number of hydrogen-bond donors (Lipinski definition) is 3. The minimum atomic E-state index is -0.603. The van der Waals surface area contributed by atoms with Gasteiger partial charge >= 0.3 is 6.03 Å². The molecular weight excluding hydrogens is 365 g/mol. The Morgan fingerprint density at radius 1 is 1.04 bits per heavy atom. The first-order valence-electron chi connectivity index (χ1n) is 7.36. The number of carbonyl (C=O) groups is 2. The van der Waals surface area contributed by atoms with E-state index in [2.05, 4.69) is 16.2 Å². The van der Waals surface area contributed by atoms with Gasteiger partial charge in [-0.25, -0.2) is 10.2 Å². The SMILES string of the molecule is Cc1cc(OCC(=O)NNC(=O)Nc2cccc(Cl)c2)cc(C)c1Cl. The van der Waals surface area contributed by atoms with E-state index in [1.165, 1.54) is 0 Å². The first kappa shape index (κ1) is 18.9. The standard InChI is InChI=1S/C17H17Cl2N3O3/c1-10-6-14(7-11(2)16(10)19)25-9-15(23)21-22-17(24)20-13-5-3-4-12(18)8-13/h3-8H,9H2,1-2H3,(H,21,23)(H2,20,22,24). The molecule has 0 atom stereocenters. The molecule has 2 aromatic carbocycles. The van der Waals surface area contributed by atoms with Gasteiger partial charge in [0.05, 0.1) is 0 Å². The van der Waals surface area contributed by atoms with Crippen LogP contribution in [0.25, 0.3) is 0 Å². The summed E-state index contributed by atoms with van der Waals surface area (Å²) in [5.41, 5.74) is 6.69. The minimum absolute atomic E-state index is 0.252. The maximum Gasteiger partial charge on any atom is 0.337 e. The monoisotopic (exact) mass is 381 g/mol. The lowest BCUT2D eigenvalue weighted by molar-refractivity contribution is -0.123. The number of amides is 3. The van der Waals surface area contributed by atoms with Crippen LogP contribution in [0.5, 0.6) is 5.75 Å². The lowest BCUT2D eigenvalue weighted by atomic mass is 10.1. The zero-order valence-electron chi connectivity index (χ0n) is 13.7. The van der Waals surface area contributed by atoms with E-state index in [0.717, 1.165) is 11.1 Å². The molecule has 3 amide bonds. The number of anilines is 1. The number of urea groups is 1. The molecule has 0 aliphatic carbocycles. The van der Waals surface area contributed by atoms with Gasteiger partial charge in [-0.15, -0.1) is 0 Å². The normalized spacial score (nSPS) is 10.1. The third-order valence-electron chi connectivity index (χ3n) is 3.18. The van der Waals surface area contributed by atoms with Crippen LogP contribution in [-0.2, 0) is 4.79 Å². The van der Waals surface area contributed by atoms with Gasteiger partial charge < -0.3 is 10.1 Å². The minimum Gasteiger partial charge on any atom is -0.484 e. The predicted molar refractivity (Wildman–Crippen MR) is 98.2 cm³/mol. The first-order valence-corrected chi connectivity index (χ1v) is 8.11. The summed E-state index contributed by atoms with van der Waals surface area (Å²) in [7, 11) is 0. The van der Waals surface area contributed by atoms with Gasteiger partial charge in [0.15, 0.2) is 6.61 Å². The summed E-state index contributed by atoms with van der Waals surface area (Å²) in [6.45, 7) is 3.45. The Hall–Kier alpha value is -2.44. The average Bonchev–Trinajstić information content (AvgIpc) is 2.56. The van der Waals surface area contributed by atoms with Gasteiger partial charge in [0.2, 0.25) is 0 Å². The zero-order chi connectivity index (χ0) is 18.4. The van der Waals surface area contributed by atoms with Crippen molar-refractivity contribution in [2.45, 2.75) is 13.8 Å². The van der Waals surface area contributed by atoms with Crippen molar-refractivity contribution in [3.8, 4) is 5.75 Å². The zero-order valence-corrected chi connectivity index (χ0v) is 15.2. The van der Waals surface area contributed by atoms with Gasteiger partial charge in [-0.1, -0.05) is 29.3 Å². The van der Waals surface area contributed by atoms with E-state index in [9.17, 15) is 9.59 Å². The topological polar surface area (TPSA) is 79.5 Å². The van der Waals surface area contributed by atoms with E-state index in [1.807, 2.05) is 13.8 Å². The highest BCUT2D eigenvalue weighted by Gasteiger charge is 2.08. The molecule has 2 aromatic rings. The van der Waals surface area contributed by atoms with Crippen molar-refractivity contribution in [1.82, 2.24) is 10.9 Å². The molecule has 25 heavy (non-hydrogen) atoms. The molecule has 0 saturated heterocycles. The van der Waals surface area contributed by atoms with Crippen LogP contribution in [0.1, 0.15) is 11.1 Å². The largest absolute Gasteiger partial charge is 0.484 e. The fraction of sp³-hybridized carbons (Fsp3) is 0.176. The smallest absolute Gasteiger partial charge is 0.337 e. The van der Waals surface area contributed by atoms with Gasteiger partial charge in [-0.05, 0) is 55.3 Å². The van der Waals surface area contributed by atoms with E-state index in [4.69, 9.17) is 27.9 Å². The fourth-order valence-electron chi connectivity index (χ4n) is 2.03. The summed E-state index contributed by atoms with van der Waals surface area (Å²) in [5, 5.41) is 3.68. The maximum atomic E-state index is 11.7. The van der Waals surface area contributed by atoms with Crippen LogP contribution >= 0.6 is 23.2 Å². The molecule has 0 fully saturated rings. The summed E-state index contributed by atoms with van der Waals surface area (Å²) in [4.78, 5) is 23.4. The molecule has 3 N–H and O–H groups in total. The Morgan fingerprint density at radius 2 is 1.72 bits per heavy atom. The number of ether oxygens (including phenoxy) is 1.